The molecule has 4 heteroatoms. The van der Waals surface area contributed by atoms with Gasteiger partial charge >= 0.3 is 0 Å². The van der Waals surface area contributed by atoms with Gasteiger partial charge in [0.25, 0.3) is 0 Å². The van der Waals surface area contributed by atoms with Crippen LogP contribution < -0.4 is 0 Å². The molecular weight excluding hydrogens is 273 g/mol. The summed E-state index contributed by atoms with van der Waals surface area (Å²) in [5.41, 5.74) is 0. The fourth-order valence-electron chi connectivity index (χ4n) is 0.205. The minimum Gasteiger partial charge on any atom is -0.225 e. The molecule has 3 nitrogen and oxygen atoms in total. The minimum absolute atomic E-state index is 0. The van der Waals surface area contributed by atoms with Crippen LogP contribution >= 0.6 is 0 Å². The molecule has 7 heavy (non-hydrogen) atoms. The van der Waals surface area contributed by atoms with Gasteiger partial charge in [0, 0.05) is 21.1 Å². The molecule has 0 radical (unpaired) electrons. The van der Waals surface area contributed by atoms with Crippen molar-refractivity contribution < 1.29 is 21.1 Å². The number of aromatic nitrogens is 3. The van der Waals surface area contributed by atoms with E-state index >= 15 is 0 Å². The van der Waals surface area contributed by atoms with Gasteiger partial charge in [0.1, 0.15) is 19.0 Å². The van der Waals surface area contributed by atoms with Gasteiger partial charge in [-0.15, -0.1) is 0 Å². The Kier molecular flexibility index (Phi) is 3.71. The maximum absolute atomic E-state index is 3.56. The monoisotopic (exact) mass is 276 g/mol. The Morgan fingerprint density at radius 2 is 1.00 bits per heavy atom. The first-order valence-electron chi connectivity index (χ1n) is 1.55. The van der Waals surface area contributed by atoms with Crippen LogP contribution in [0.2, 0.25) is 0 Å². The molecule has 40 valence electrons. The van der Waals surface area contributed by atoms with Crippen LogP contribution in [0.25, 0.3) is 0 Å². The molecule has 1 rings (SSSR count). The summed E-state index contributed by atoms with van der Waals surface area (Å²) in [7, 11) is 0. The molecule has 0 unspecified atom stereocenters. The molecule has 0 aliphatic carbocycles. The molecule has 1 aromatic heterocycles. The van der Waals surface area contributed by atoms with Crippen molar-refractivity contribution in [3.63, 3.8) is 0 Å². The van der Waals surface area contributed by atoms with E-state index in [1.807, 2.05) is 0 Å². The summed E-state index contributed by atoms with van der Waals surface area (Å²) < 4.78 is 0. The van der Waals surface area contributed by atoms with Crippen LogP contribution in [0.15, 0.2) is 19.0 Å². The predicted octanol–water partition coefficient (Wildman–Crippen LogP) is -0.131. The normalized spacial score (nSPS) is 6.86. The van der Waals surface area contributed by atoms with E-state index in [4.69, 9.17) is 0 Å². The van der Waals surface area contributed by atoms with E-state index in [1.54, 1.807) is 0 Å². The van der Waals surface area contributed by atoms with Gasteiger partial charge in [0.2, 0.25) is 0 Å². The molecule has 0 bridgehead atoms. The van der Waals surface area contributed by atoms with Gasteiger partial charge in [-0.1, -0.05) is 0 Å². The number of hydrogen-bond acceptors (Lipinski definition) is 3. The van der Waals surface area contributed by atoms with Crippen LogP contribution in [-0.4, -0.2) is 15.0 Å². The second kappa shape index (κ2) is 3.87. The first-order chi connectivity index (χ1) is 3.00. The number of nitrogens with zero attached hydrogens (tertiary/aromatic N) is 3. The van der Waals surface area contributed by atoms with Crippen LogP contribution in [0.4, 0.5) is 0 Å². The molecule has 0 amide bonds. The zero-order chi connectivity index (χ0) is 4.24. The fraction of sp³-hybridized carbons (Fsp3) is 0. The second-order valence-corrected chi connectivity index (χ2v) is 0.794. The van der Waals surface area contributed by atoms with Crippen molar-refractivity contribution >= 4 is 0 Å². The summed E-state index contributed by atoms with van der Waals surface area (Å²) in [5, 5.41) is 0. The van der Waals surface area contributed by atoms with E-state index in [2.05, 4.69) is 15.0 Å². The Balaban J connectivity index is 0.000000360. The summed E-state index contributed by atoms with van der Waals surface area (Å²) in [4.78, 5) is 10.7. The van der Waals surface area contributed by atoms with Gasteiger partial charge in [0.05, 0.1) is 0 Å². The third-order valence-corrected chi connectivity index (χ3v) is 0.400. The molecule has 0 aliphatic rings. The van der Waals surface area contributed by atoms with Gasteiger partial charge in [-0.2, -0.15) is 0 Å². The molecule has 1 heterocycles. The smallest absolute Gasteiger partial charge is 0.119 e. The summed E-state index contributed by atoms with van der Waals surface area (Å²) in [6, 6.07) is 0. The van der Waals surface area contributed by atoms with Crippen molar-refractivity contribution in [3.8, 4) is 0 Å². The van der Waals surface area contributed by atoms with Crippen LogP contribution in [0.5, 0.6) is 0 Å². The molecule has 0 atom stereocenters. The Morgan fingerprint density at radius 1 is 0.714 bits per heavy atom. The zero-order valence-electron chi connectivity index (χ0n) is 3.39. The third-order valence-electron chi connectivity index (χ3n) is 0.400. The molecule has 0 aromatic carbocycles. The maximum atomic E-state index is 3.56. The number of hydrogen-bond donors (Lipinski definition) is 0. The second-order valence-electron chi connectivity index (χ2n) is 0.794. The van der Waals surface area contributed by atoms with Gasteiger partial charge in [0.15, 0.2) is 0 Å². The molecule has 0 saturated heterocycles. The Hall–Kier alpha value is -0.302. The van der Waals surface area contributed by atoms with E-state index in [1.165, 1.54) is 19.0 Å². The van der Waals surface area contributed by atoms with E-state index in [9.17, 15) is 0 Å². The van der Waals surface area contributed by atoms with Gasteiger partial charge in [-0.25, -0.2) is 15.0 Å². The largest absolute Gasteiger partial charge is 0.225 e. The Labute approximate surface area is 55.5 Å². The van der Waals surface area contributed by atoms with Crippen molar-refractivity contribution in [1.29, 1.82) is 0 Å². The molecule has 0 aliphatic heterocycles. The minimum atomic E-state index is 0. The zero-order valence-corrected chi connectivity index (χ0v) is 5.66. The molecule has 0 fully saturated rings. The standard InChI is InChI=1S/C3H3N3.Pt/c1-4-2-6-3-5-1;/h1-3H;. The van der Waals surface area contributed by atoms with Crippen molar-refractivity contribution in [2.45, 2.75) is 0 Å². The quantitative estimate of drug-likeness (QED) is 0.662. The van der Waals surface area contributed by atoms with Crippen LogP contribution in [0, 0.1) is 0 Å². The average Bonchev–Trinajstić information content (AvgIpc) is 1.72. The Bertz CT molecular complexity index is 82.1. The first kappa shape index (κ1) is 6.70. The van der Waals surface area contributed by atoms with Gasteiger partial charge < -0.3 is 0 Å². The molecular formula is C3H3N3Pt. The van der Waals surface area contributed by atoms with Crippen LogP contribution in [0.1, 0.15) is 0 Å². The molecule has 1 aromatic rings. The topological polar surface area (TPSA) is 38.7 Å². The van der Waals surface area contributed by atoms with Crippen molar-refractivity contribution in [3.05, 3.63) is 19.0 Å². The van der Waals surface area contributed by atoms with E-state index in [0.29, 0.717) is 0 Å². The molecule has 0 saturated carbocycles. The number of rotatable bonds is 0. The first-order valence-corrected chi connectivity index (χ1v) is 1.55. The Morgan fingerprint density at radius 3 is 1.14 bits per heavy atom. The van der Waals surface area contributed by atoms with E-state index < -0.39 is 0 Å². The maximum Gasteiger partial charge on any atom is 0.119 e. The summed E-state index contributed by atoms with van der Waals surface area (Å²) >= 11 is 0. The van der Waals surface area contributed by atoms with Gasteiger partial charge in [-0.3, -0.25) is 0 Å². The van der Waals surface area contributed by atoms with Crippen molar-refractivity contribution in [1.82, 2.24) is 15.0 Å². The summed E-state index contributed by atoms with van der Waals surface area (Å²) in [6.45, 7) is 0. The van der Waals surface area contributed by atoms with Crippen molar-refractivity contribution in [2.75, 3.05) is 0 Å². The van der Waals surface area contributed by atoms with Crippen molar-refractivity contribution in [2.24, 2.45) is 0 Å². The van der Waals surface area contributed by atoms with Crippen LogP contribution in [-0.2, 0) is 21.1 Å². The van der Waals surface area contributed by atoms with Gasteiger partial charge in [-0.05, 0) is 0 Å². The fourth-order valence-corrected chi connectivity index (χ4v) is 0.205. The average molecular weight is 276 g/mol. The summed E-state index contributed by atoms with van der Waals surface area (Å²) in [6.07, 6.45) is 4.31. The van der Waals surface area contributed by atoms with Crippen LogP contribution in [0.3, 0.4) is 0 Å². The SMILES string of the molecule is [Pt].c1ncncn1. The summed E-state index contributed by atoms with van der Waals surface area (Å²) in [5.74, 6) is 0. The third kappa shape index (κ3) is 2.40. The molecule has 0 spiro atoms. The molecule has 0 N–H and O–H groups in total. The van der Waals surface area contributed by atoms with E-state index in [0.717, 1.165) is 0 Å². The van der Waals surface area contributed by atoms with E-state index in [-0.39, 0.29) is 21.1 Å². The predicted molar refractivity (Wildman–Crippen MR) is 19.8 cm³/mol.